The average Bonchev–Trinajstić information content (AvgIpc) is 3.11. The summed E-state index contributed by atoms with van der Waals surface area (Å²) in [6.45, 7) is 6.69. The number of fused-ring (bicyclic) bond motifs is 1. The third-order valence-electron chi connectivity index (χ3n) is 5.28. The van der Waals surface area contributed by atoms with Gasteiger partial charge in [0.05, 0.1) is 24.8 Å². The number of nitrogens with one attached hydrogen (secondary N) is 2. The minimum atomic E-state index is -3.95. The van der Waals surface area contributed by atoms with E-state index in [1.165, 1.54) is 0 Å². The van der Waals surface area contributed by atoms with Gasteiger partial charge in [-0.3, -0.25) is 9.69 Å². The second kappa shape index (κ2) is 8.74. The molecule has 0 unspecified atom stereocenters. The first-order chi connectivity index (χ1) is 14.8. The van der Waals surface area contributed by atoms with Crippen molar-refractivity contribution >= 4 is 42.6 Å². The maximum absolute atomic E-state index is 13.7. The van der Waals surface area contributed by atoms with Crippen molar-refractivity contribution in [1.29, 1.82) is 0 Å². The lowest BCUT2D eigenvalue weighted by Gasteiger charge is -2.26. The molecule has 1 aliphatic rings. The van der Waals surface area contributed by atoms with Gasteiger partial charge in [-0.05, 0) is 55.3 Å². The molecule has 31 heavy (non-hydrogen) atoms. The third kappa shape index (κ3) is 4.55. The Morgan fingerprint density at radius 1 is 1.13 bits per heavy atom. The number of H-pyrrole nitrogens is 1. The van der Waals surface area contributed by atoms with Crippen LogP contribution in [0.1, 0.15) is 21.6 Å². The lowest BCUT2D eigenvalue weighted by atomic mass is 10.2. The number of nitrogens with zero attached hydrogens (tertiary/aromatic N) is 1. The molecule has 4 rings (SSSR count). The number of hydrogen-bond acceptors (Lipinski definition) is 5. The van der Waals surface area contributed by atoms with Crippen molar-refractivity contribution in [2.24, 2.45) is 0 Å². The first-order valence-electron chi connectivity index (χ1n) is 9.98. The zero-order chi connectivity index (χ0) is 22.2. The van der Waals surface area contributed by atoms with Gasteiger partial charge in [-0.15, -0.1) is 0 Å². The number of morpholine rings is 1. The largest absolute Gasteiger partial charge is 0.379 e. The van der Waals surface area contributed by atoms with Crippen LogP contribution < -0.4 is 5.32 Å². The number of aromatic amines is 1. The number of sulfone groups is 1. The van der Waals surface area contributed by atoms with Crippen LogP contribution in [0.3, 0.4) is 0 Å². The van der Waals surface area contributed by atoms with E-state index in [9.17, 15) is 13.2 Å². The predicted molar refractivity (Wildman–Crippen MR) is 122 cm³/mol. The summed E-state index contributed by atoms with van der Waals surface area (Å²) in [5.41, 5.74) is 2.32. The van der Waals surface area contributed by atoms with Crippen LogP contribution in [-0.2, 0) is 14.6 Å². The maximum Gasteiger partial charge on any atom is 0.270 e. The van der Waals surface area contributed by atoms with Crippen LogP contribution in [0, 0.1) is 13.8 Å². The van der Waals surface area contributed by atoms with Crippen molar-refractivity contribution in [1.82, 2.24) is 15.2 Å². The highest BCUT2D eigenvalue weighted by Crippen LogP contribution is 2.34. The molecule has 0 atom stereocenters. The normalized spacial score (nSPS) is 15.3. The van der Waals surface area contributed by atoms with Crippen LogP contribution >= 0.6 is 15.9 Å². The molecule has 1 aromatic heterocycles. The van der Waals surface area contributed by atoms with E-state index in [1.54, 1.807) is 24.3 Å². The van der Waals surface area contributed by atoms with Gasteiger partial charge in [-0.1, -0.05) is 22.0 Å². The van der Waals surface area contributed by atoms with Crippen LogP contribution in [0.4, 0.5) is 0 Å². The van der Waals surface area contributed by atoms with Gasteiger partial charge in [-0.25, -0.2) is 8.42 Å². The summed E-state index contributed by atoms with van der Waals surface area (Å²) in [7, 11) is -3.95. The van der Waals surface area contributed by atoms with E-state index < -0.39 is 15.7 Å². The summed E-state index contributed by atoms with van der Waals surface area (Å²) >= 11 is 3.41. The molecule has 0 radical (unpaired) electrons. The first kappa shape index (κ1) is 22.0. The summed E-state index contributed by atoms with van der Waals surface area (Å²) in [6.07, 6.45) is 0. The molecule has 9 heteroatoms. The highest BCUT2D eigenvalue weighted by molar-refractivity contribution is 9.10. The standard InChI is InChI=1S/C22H24BrN3O4S/c1-14-9-15(2)11-17(10-14)31(28,29)21-18-12-16(23)3-4-19(18)25-20(21)22(27)24-13-26-5-7-30-8-6-26/h3-4,9-12,25H,5-8,13H2,1-2H3,(H,24,27). The molecule has 2 heterocycles. The lowest BCUT2D eigenvalue weighted by Crippen LogP contribution is -2.44. The van der Waals surface area contributed by atoms with Crippen LogP contribution in [0.15, 0.2) is 50.7 Å². The molecule has 2 N–H and O–H groups in total. The number of halogens is 1. The molecule has 1 aliphatic heterocycles. The molecule has 0 spiro atoms. The Kier molecular flexibility index (Phi) is 6.20. The summed E-state index contributed by atoms with van der Waals surface area (Å²) < 4.78 is 33.5. The summed E-state index contributed by atoms with van der Waals surface area (Å²) in [6, 6.07) is 10.5. The van der Waals surface area contributed by atoms with E-state index in [0.29, 0.717) is 43.9 Å². The maximum atomic E-state index is 13.7. The van der Waals surface area contributed by atoms with Crippen molar-refractivity contribution in [3.05, 3.63) is 57.7 Å². The Bertz CT molecular complexity index is 1230. The molecular formula is C22H24BrN3O4S. The van der Waals surface area contributed by atoms with E-state index in [2.05, 4.69) is 31.1 Å². The second-order valence-electron chi connectivity index (χ2n) is 7.74. The molecule has 2 aromatic carbocycles. The molecular weight excluding hydrogens is 482 g/mol. The molecule has 164 valence electrons. The number of ether oxygens (including phenoxy) is 1. The average molecular weight is 506 g/mol. The summed E-state index contributed by atoms with van der Waals surface area (Å²) in [5.74, 6) is -0.457. The molecule has 0 aliphatic carbocycles. The molecule has 1 saturated heterocycles. The Hall–Kier alpha value is -2.20. The summed E-state index contributed by atoms with van der Waals surface area (Å²) in [4.78, 5) is 18.3. The first-order valence-corrected chi connectivity index (χ1v) is 12.3. The van der Waals surface area contributed by atoms with Crippen LogP contribution in [0.25, 0.3) is 10.9 Å². The number of hydrogen-bond donors (Lipinski definition) is 2. The lowest BCUT2D eigenvalue weighted by molar-refractivity contribution is 0.0334. The molecule has 3 aromatic rings. The number of carbonyl (C=O) groups is 1. The van der Waals surface area contributed by atoms with Crippen LogP contribution in [0.2, 0.25) is 0 Å². The molecule has 1 fully saturated rings. The van der Waals surface area contributed by atoms with Gasteiger partial charge in [-0.2, -0.15) is 0 Å². The van der Waals surface area contributed by atoms with E-state index >= 15 is 0 Å². The van der Waals surface area contributed by atoms with Crippen molar-refractivity contribution in [3.63, 3.8) is 0 Å². The van der Waals surface area contributed by atoms with Gasteiger partial charge in [0.25, 0.3) is 5.91 Å². The number of aromatic nitrogens is 1. The Morgan fingerprint density at radius 3 is 2.48 bits per heavy atom. The van der Waals surface area contributed by atoms with E-state index in [4.69, 9.17) is 4.74 Å². The smallest absolute Gasteiger partial charge is 0.270 e. The Morgan fingerprint density at radius 2 is 1.81 bits per heavy atom. The second-order valence-corrected chi connectivity index (χ2v) is 10.5. The van der Waals surface area contributed by atoms with Crippen LogP contribution in [-0.4, -0.2) is 57.2 Å². The highest BCUT2D eigenvalue weighted by Gasteiger charge is 2.30. The predicted octanol–water partition coefficient (Wildman–Crippen LogP) is 3.40. The fraction of sp³-hybridized carbons (Fsp3) is 0.318. The summed E-state index contributed by atoms with van der Waals surface area (Å²) in [5, 5.41) is 3.33. The molecule has 0 bridgehead atoms. The Balaban J connectivity index is 1.79. The van der Waals surface area contributed by atoms with Crippen molar-refractivity contribution in [2.75, 3.05) is 33.0 Å². The quantitative estimate of drug-likeness (QED) is 0.554. The molecule has 0 saturated carbocycles. The van der Waals surface area contributed by atoms with Gasteiger partial charge < -0.3 is 15.0 Å². The fourth-order valence-corrected chi connectivity index (χ4v) is 5.97. The van der Waals surface area contributed by atoms with Gasteiger partial charge >= 0.3 is 0 Å². The van der Waals surface area contributed by atoms with E-state index in [1.807, 2.05) is 26.0 Å². The van der Waals surface area contributed by atoms with E-state index in [0.717, 1.165) is 15.6 Å². The minimum Gasteiger partial charge on any atom is -0.379 e. The number of benzene rings is 2. The number of aryl methyl sites for hydroxylation is 2. The number of amides is 1. The molecule has 1 amide bonds. The monoisotopic (exact) mass is 505 g/mol. The molecule has 7 nitrogen and oxygen atoms in total. The Labute approximate surface area is 189 Å². The fourth-order valence-electron chi connectivity index (χ4n) is 3.82. The van der Waals surface area contributed by atoms with Crippen molar-refractivity contribution in [2.45, 2.75) is 23.6 Å². The van der Waals surface area contributed by atoms with Gasteiger partial charge in [0.15, 0.2) is 0 Å². The van der Waals surface area contributed by atoms with E-state index in [-0.39, 0.29) is 15.5 Å². The minimum absolute atomic E-state index is 0.00622. The number of carbonyl (C=O) groups excluding carboxylic acids is 1. The van der Waals surface area contributed by atoms with Crippen molar-refractivity contribution < 1.29 is 17.9 Å². The zero-order valence-corrected chi connectivity index (χ0v) is 19.8. The SMILES string of the molecule is Cc1cc(C)cc(S(=O)(=O)c2c(C(=O)NCN3CCOCC3)[nH]c3ccc(Br)cc23)c1. The van der Waals surface area contributed by atoms with Gasteiger partial charge in [0, 0.05) is 28.5 Å². The van der Waals surface area contributed by atoms with Gasteiger partial charge in [0.1, 0.15) is 10.6 Å². The third-order valence-corrected chi connectivity index (χ3v) is 7.59. The zero-order valence-electron chi connectivity index (χ0n) is 17.4. The number of rotatable bonds is 5. The van der Waals surface area contributed by atoms with Crippen molar-refractivity contribution in [3.8, 4) is 0 Å². The highest BCUT2D eigenvalue weighted by atomic mass is 79.9. The topological polar surface area (TPSA) is 91.5 Å². The van der Waals surface area contributed by atoms with Crippen LogP contribution in [0.5, 0.6) is 0 Å². The van der Waals surface area contributed by atoms with Gasteiger partial charge in [0.2, 0.25) is 9.84 Å².